The zero-order chi connectivity index (χ0) is 17.3. The smallest absolute Gasteiger partial charge is 0.268 e. The van der Waals surface area contributed by atoms with Gasteiger partial charge in [-0.3, -0.25) is 19.8 Å². The van der Waals surface area contributed by atoms with E-state index in [1.165, 1.54) is 35.2 Å². The van der Waals surface area contributed by atoms with Crippen LogP contribution in [0.3, 0.4) is 0 Å². The quantitative estimate of drug-likeness (QED) is 0.356. The fourth-order valence-corrected chi connectivity index (χ4v) is 3.45. The van der Waals surface area contributed by atoms with Gasteiger partial charge in [-0.25, -0.2) is 4.39 Å². The van der Waals surface area contributed by atoms with Gasteiger partial charge < -0.3 is 0 Å². The summed E-state index contributed by atoms with van der Waals surface area (Å²) in [4.78, 5) is 24.6. The van der Waals surface area contributed by atoms with Gasteiger partial charge in [0.1, 0.15) is 5.82 Å². The normalized spacial score (nSPS) is 16.0. The van der Waals surface area contributed by atoms with Crippen LogP contribution < -0.4 is 4.90 Å². The van der Waals surface area contributed by atoms with E-state index < -0.39 is 4.92 Å². The third-order valence-corrected chi connectivity index (χ3v) is 4.56. The van der Waals surface area contributed by atoms with Crippen molar-refractivity contribution in [1.82, 2.24) is 0 Å². The number of nitrogens with zero attached hydrogens (tertiary/aromatic N) is 2. The Labute approximate surface area is 145 Å². The minimum absolute atomic E-state index is 0.121. The van der Waals surface area contributed by atoms with Crippen molar-refractivity contribution in [3.63, 3.8) is 0 Å². The molecule has 1 amide bonds. The molecule has 1 saturated heterocycles. The van der Waals surface area contributed by atoms with Gasteiger partial charge >= 0.3 is 0 Å². The van der Waals surface area contributed by atoms with E-state index in [4.69, 9.17) is 12.2 Å². The average molecular weight is 360 g/mol. The van der Waals surface area contributed by atoms with Crippen molar-refractivity contribution in [2.45, 2.75) is 0 Å². The minimum atomic E-state index is -0.532. The lowest BCUT2D eigenvalue weighted by atomic mass is 10.2. The van der Waals surface area contributed by atoms with Crippen LogP contribution in [-0.4, -0.2) is 15.2 Å². The summed E-state index contributed by atoms with van der Waals surface area (Å²) < 4.78 is 13.2. The molecule has 0 saturated carbocycles. The monoisotopic (exact) mass is 360 g/mol. The van der Waals surface area contributed by atoms with Crippen LogP contribution in [0, 0.1) is 15.9 Å². The van der Waals surface area contributed by atoms with Gasteiger partial charge in [-0.2, -0.15) is 0 Å². The second kappa shape index (κ2) is 6.50. The molecule has 0 aromatic heterocycles. The Bertz CT molecular complexity index is 881. The number of rotatable bonds is 3. The predicted molar refractivity (Wildman–Crippen MR) is 95.1 cm³/mol. The molecule has 0 atom stereocenters. The maximum atomic E-state index is 12.9. The zero-order valence-electron chi connectivity index (χ0n) is 12.0. The van der Waals surface area contributed by atoms with E-state index in [1.54, 1.807) is 24.3 Å². The van der Waals surface area contributed by atoms with Crippen LogP contribution in [0.2, 0.25) is 0 Å². The summed E-state index contributed by atoms with van der Waals surface area (Å²) in [7, 11) is 0. The fraction of sp³-hybridized carbons (Fsp3) is 0. The molecule has 0 unspecified atom stereocenters. The SMILES string of the molecule is O=C1/C(=C/c2ccc(F)cc2)SC(=S)N1c1cccc([N+](=O)[O-])c1. The highest BCUT2D eigenvalue weighted by molar-refractivity contribution is 8.27. The maximum absolute atomic E-state index is 12.9. The van der Waals surface area contributed by atoms with Crippen molar-refractivity contribution in [1.29, 1.82) is 0 Å². The highest BCUT2D eigenvalue weighted by Crippen LogP contribution is 2.36. The molecular weight excluding hydrogens is 351 g/mol. The van der Waals surface area contributed by atoms with Crippen molar-refractivity contribution in [3.8, 4) is 0 Å². The highest BCUT2D eigenvalue weighted by atomic mass is 32.2. The predicted octanol–water partition coefficient (Wildman–Crippen LogP) is 4.14. The van der Waals surface area contributed by atoms with Gasteiger partial charge in [0.25, 0.3) is 11.6 Å². The van der Waals surface area contributed by atoms with Gasteiger partial charge in [-0.15, -0.1) is 0 Å². The van der Waals surface area contributed by atoms with Crippen LogP contribution in [0.5, 0.6) is 0 Å². The number of carbonyl (C=O) groups is 1. The molecular formula is C16H9FN2O3S2. The van der Waals surface area contributed by atoms with Crippen molar-refractivity contribution in [2.24, 2.45) is 0 Å². The van der Waals surface area contributed by atoms with Crippen LogP contribution in [0.4, 0.5) is 15.8 Å². The number of benzene rings is 2. The standard InChI is InChI=1S/C16H9FN2O3S2/c17-11-6-4-10(5-7-11)8-14-15(20)18(16(23)24-14)12-2-1-3-13(9-12)19(21)22/h1-9H/b14-8-. The summed E-state index contributed by atoms with van der Waals surface area (Å²) in [6.45, 7) is 0. The topological polar surface area (TPSA) is 63.5 Å². The van der Waals surface area contributed by atoms with E-state index in [2.05, 4.69) is 0 Å². The lowest BCUT2D eigenvalue weighted by Crippen LogP contribution is -2.27. The number of nitro groups is 1. The maximum Gasteiger partial charge on any atom is 0.271 e. The summed E-state index contributed by atoms with van der Waals surface area (Å²) >= 11 is 6.32. The molecule has 0 bridgehead atoms. The summed E-state index contributed by atoms with van der Waals surface area (Å²) in [6.07, 6.45) is 1.61. The van der Waals surface area contributed by atoms with E-state index in [0.717, 1.165) is 11.8 Å². The van der Waals surface area contributed by atoms with Crippen molar-refractivity contribution in [3.05, 3.63) is 74.9 Å². The highest BCUT2D eigenvalue weighted by Gasteiger charge is 2.33. The van der Waals surface area contributed by atoms with E-state index >= 15 is 0 Å². The van der Waals surface area contributed by atoms with E-state index in [-0.39, 0.29) is 21.7 Å². The summed E-state index contributed by atoms with van der Waals surface area (Å²) in [5.41, 5.74) is 0.884. The van der Waals surface area contributed by atoms with Crippen LogP contribution >= 0.6 is 24.0 Å². The van der Waals surface area contributed by atoms with E-state index in [1.807, 2.05) is 0 Å². The Kier molecular flexibility index (Phi) is 4.41. The largest absolute Gasteiger partial charge is 0.271 e. The molecule has 1 aliphatic heterocycles. The molecule has 1 heterocycles. The fourth-order valence-electron chi connectivity index (χ4n) is 2.15. The number of hydrogen-bond donors (Lipinski definition) is 0. The zero-order valence-corrected chi connectivity index (χ0v) is 13.6. The van der Waals surface area contributed by atoms with Gasteiger partial charge in [0.15, 0.2) is 4.32 Å². The van der Waals surface area contributed by atoms with Crippen LogP contribution in [0.25, 0.3) is 6.08 Å². The molecule has 0 radical (unpaired) electrons. The number of non-ortho nitro benzene ring substituents is 1. The Hall–Kier alpha value is -2.58. The van der Waals surface area contributed by atoms with Crippen molar-refractivity contribution < 1.29 is 14.1 Å². The third kappa shape index (κ3) is 3.19. The lowest BCUT2D eigenvalue weighted by Gasteiger charge is -2.13. The summed E-state index contributed by atoms with van der Waals surface area (Å²) in [5.74, 6) is -0.730. The Morgan fingerprint density at radius 1 is 1.21 bits per heavy atom. The summed E-state index contributed by atoms with van der Waals surface area (Å²) in [5, 5.41) is 10.9. The Balaban J connectivity index is 1.93. The molecule has 120 valence electrons. The van der Waals surface area contributed by atoms with Gasteiger partial charge in [0, 0.05) is 12.1 Å². The molecule has 24 heavy (non-hydrogen) atoms. The van der Waals surface area contributed by atoms with Crippen molar-refractivity contribution in [2.75, 3.05) is 4.90 Å². The third-order valence-electron chi connectivity index (χ3n) is 3.26. The van der Waals surface area contributed by atoms with Gasteiger partial charge in [-0.05, 0) is 29.8 Å². The van der Waals surface area contributed by atoms with Crippen LogP contribution in [-0.2, 0) is 4.79 Å². The first kappa shape index (κ1) is 16.3. The van der Waals surface area contributed by atoms with Gasteiger partial charge in [0.2, 0.25) is 0 Å². The Morgan fingerprint density at radius 2 is 1.92 bits per heavy atom. The lowest BCUT2D eigenvalue weighted by molar-refractivity contribution is -0.384. The number of thioether (sulfide) groups is 1. The molecule has 1 aliphatic rings. The molecule has 1 fully saturated rings. The molecule has 2 aromatic rings. The number of anilines is 1. The second-order valence-corrected chi connectivity index (χ2v) is 6.52. The summed E-state index contributed by atoms with van der Waals surface area (Å²) in [6, 6.07) is 11.4. The molecule has 0 spiro atoms. The Morgan fingerprint density at radius 3 is 2.58 bits per heavy atom. The van der Waals surface area contributed by atoms with E-state index in [9.17, 15) is 19.3 Å². The number of halogens is 1. The first-order valence-electron chi connectivity index (χ1n) is 6.74. The molecule has 0 N–H and O–H groups in total. The average Bonchev–Trinajstić information content (AvgIpc) is 2.83. The number of nitro benzene ring substituents is 1. The van der Waals surface area contributed by atoms with Crippen LogP contribution in [0.1, 0.15) is 5.56 Å². The van der Waals surface area contributed by atoms with E-state index in [0.29, 0.717) is 16.2 Å². The van der Waals surface area contributed by atoms with Crippen molar-refractivity contribution >= 4 is 51.7 Å². The number of amides is 1. The van der Waals surface area contributed by atoms with Gasteiger partial charge in [0.05, 0.1) is 15.5 Å². The molecule has 8 heteroatoms. The number of thiocarbonyl (C=S) groups is 1. The molecule has 0 aliphatic carbocycles. The molecule has 5 nitrogen and oxygen atoms in total. The first-order chi connectivity index (χ1) is 11.5. The minimum Gasteiger partial charge on any atom is -0.268 e. The second-order valence-electron chi connectivity index (χ2n) is 4.85. The van der Waals surface area contributed by atoms with Crippen LogP contribution in [0.15, 0.2) is 53.4 Å². The van der Waals surface area contributed by atoms with Gasteiger partial charge in [-0.1, -0.05) is 42.2 Å². The number of carbonyl (C=O) groups excluding carboxylic acids is 1. The molecule has 2 aromatic carbocycles. The molecule has 3 rings (SSSR count). The number of hydrogen-bond acceptors (Lipinski definition) is 5. The first-order valence-corrected chi connectivity index (χ1v) is 7.96.